The van der Waals surface area contributed by atoms with Gasteiger partial charge >= 0.3 is 0 Å². The van der Waals surface area contributed by atoms with Gasteiger partial charge in [0.25, 0.3) is 5.91 Å². The van der Waals surface area contributed by atoms with Crippen molar-refractivity contribution < 1.29 is 24.6 Å². The van der Waals surface area contributed by atoms with Crippen molar-refractivity contribution in [1.82, 2.24) is 10.2 Å². The van der Waals surface area contributed by atoms with Crippen molar-refractivity contribution >= 4 is 29.1 Å². The van der Waals surface area contributed by atoms with Crippen molar-refractivity contribution in [3.63, 3.8) is 0 Å². The molecule has 3 atom stereocenters. The van der Waals surface area contributed by atoms with Gasteiger partial charge < -0.3 is 30.6 Å². The third kappa shape index (κ3) is 9.30. The van der Waals surface area contributed by atoms with Crippen LogP contribution in [-0.4, -0.2) is 65.6 Å². The van der Waals surface area contributed by atoms with E-state index in [1.54, 1.807) is 47.1 Å². The van der Waals surface area contributed by atoms with E-state index < -0.39 is 17.4 Å². The van der Waals surface area contributed by atoms with E-state index in [2.05, 4.69) is 30.6 Å². The first-order valence-electron chi connectivity index (χ1n) is 17.1. The number of rotatable bonds is 15. The molecule has 0 aliphatic carbocycles. The van der Waals surface area contributed by atoms with Crippen molar-refractivity contribution in [1.29, 1.82) is 0 Å². The van der Waals surface area contributed by atoms with E-state index in [0.29, 0.717) is 36.6 Å². The molecule has 4 N–H and O–H groups in total. The van der Waals surface area contributed by atoms with Crippen LogP contribution >= 0.6 is 0 Å². The Bertz CT molecular complexity index is 1510. The molecule has 1 unspecified atom stereocenters. The monoisotopic (exact) mass is 656 g/mol. The first-order valence-corrected chi connectivity index (χ1v) is 17.1. The third-order valence-electron chi connectivity index (χ3n) is 9.23. The van der Waals surface area contributed by atoms with Crippen LogP contribution in [0.15, 0.2) is 84.0 Å². The van der Waals surface area contributed by atoms with Crippen molar-refractivity contribution in [2.75, 3.05) is 43.0 Å². The van der Waals surface area contributed by atoms with E-state index in [1.807, 2.05) is 43.3 Å². The molecule has 2 aliphatic rings. The maximum absolute atomic E-state index is 14.1. The summed E-state index contributed by atoms with van der Waals surface area (Å²) in [6.45, 7) is 10.2. The van der Waals surface area contributed by atoms with Crippen LogP contribution in [-0.2, 0) is 26.5 Å². The number of aliphatic hydroxyl groups excluding tert-OH is 1. The molecular weight excluding hydrogens is 604 g/mol. The maximum Gasteiger partial charge on any atom is 0.264 e. The summed E-state index contributed by atoms with van der Waals surface area (Å²) in [6.07, 6.45) is 11.2. The molecule has 0 bridgehead atoms. The van der Waals surface area contributed by atoms with Crippen LogP contribution in [0.4, 0.5) is 11.4 Å². The minimum absolute atomic E-state index is 0.0527. The van der Waals surface area contributed by atoms with Crippen LogP contribution in [0.25, 0.3) is 0 Å². The number of nitrogens with one attached hydrogen (secondary N) is 2. The molecule has 0 radical (unpaired) electrons. The number of fused-ring (bicyclic) bond motifs is 1. The minimum Gasteiger partial charge on any atom is -0.395 e. The number of hydrogen-bond donors (Lipinski definition) is 4. The molecular formula is C39H52N4O5. The summed E-state index contributed by atoms with van der Waals surface area (Å²) >= 11 is 0. The molecule has 9 nitrogen and oxygen atoms in total. The smallest absolute Gasteiger partial charge is 0.264 e. The Kier molecular flexibility index (Phi) is 13.3. The summed E-state index contributed by atoms with van der Waals surface area (Å²) in [7, 11) is 0. The van der Waals surface area contributed by atoms with Gasteiger partial charge in [-0.3, -0.25) is 14.4 Å². The summed E-state index contributed by atoms with van der Waals surface area (Å²) in [4.78, 5) is 43.5. The summed E-state index contributed by atoms with van der Waals surface area (Å²) in [5.41, 5.74) is 3.02. The van der Waals surface area contributed by atoms with Crippen LogP contribution < -0.4 is 15.5 Å². The Morgan fingerprint density at radius 2 is 1.92 bits per heavy atom. The van der Waals surface area contributed by atoms with Gasteiger partial charge in [-0.25, -0.2) is 0 Å². The number of anilines is 2. The molecule has 1 fully saturated rings. The Labute approximate surface area is 285 Å². The van der Waals surface area contributed by atoms with Gasteiger partial charge in [-0.15, -0.1) is 0 Å². The van der Waals surface area contributed by atoms with Gasteiger partial charge in [-0.1, -0.05) is 72.7 Å². The standard InChI is InChI=1S/C39H52N4O5/c1-28(2)11-8-12-29(3)20-22-43-35-19-18-33(41-37(46)32-16-10-21-40-26-32)25-34(35)39(48,38(43)47)30(4)13-9-17-36(45)42(23-24-44)27-31-14-6-5-7-15-31/h5-7,9,11,13-15,18-20,25,30,32,40,44,48H,8,10,12,16-17,21-24,26-27H2,1-4H3,(H,41,46)/b13-9+,29-20+/t30-,32?,39+/m1/s1. The van der Waals surface area contributed by atoms with Crippen LogP contribution in [0.1, 0.15) is 70.9 Å². The molecule has 2 aromatic carbocycles. The fourth-order valence-corrected chi connectivity index (χ4v) is 6.32. The average molecular weight is 657 g/mol. The predicted octanol–water partition coefficient (Wildman–Crippen LogP) is 5.46. The lowest BCUT2D eigenvalue weighted by molar-refractivity contribution is -0.139. The maximum atomic E-state index is 14.1. The number of benzene rings is 2. The molecule has 48 heavy (non-hydrogen) atoms. The van der Waals surface area contributed by atoms with Gasteiger partial charge in [0.1, 0.15) is 0 Å². The zero-order valence-electron chi connectivity index (χ0n) is 28.9. The Hall–Kier alpha value is -4.05. The van der Waals surface area contributed by atoms with Gasteiger partial charge in [0.15, 0.2) is 5.60 Å². The fourth-order valence-electron chi connectivity index (χ4n) is 6.32. The molecule has 2 heterocycles. The van der Waals surface area contributed by atoms with Gasteiger partial charge in [0.05, 0.1) is 18.2 Å². The Balaban J connectivity index is 1.56. The summed E-state index contributed by atoms with van der Waals surface area (Å²) in [5, 5.41) is 28.1. The lowest BCUT2D eigenvalue weighted by atomic mass is 9.82. The van der Waals surface area contributed by atoms with Crippen molar-refractivity contribution in [2.24, 2.45) is 11.8 Å². The van der Waals surface area contributed by atoms with Gasteiger partial charge in [0, 0.05) is 49.8 Å². The van der Waals surface area contributed by atoms with Crippen molar-refractivity contribution in [3.8, 4) is 0 Å². The number of allylic oxidation sites excluding steroid dienone is 3. The summed E-state index contributed by atoms with van der Waals surface area (Å²) < 4.78 is 0. The molecule has 258 valence electrons. The normalized spacial score (nSPS) is 20.0. The highest BCUT2D eigenvalue weighted by Crippen LogP contribution is 2.46. The number of carbonyl (C=O) groups is 3. The SMILES string of the molecule is CC(C)=CCC/C(C)=C/CN1C(=O)[C@](O)([C@H](C)/C=C/CC(=O)N(CCO)Cc2ccccc2)c2cc(NC(=O)C3CCCNC3)ccc21. The predicted molar refractivity (Wildman–Crippen MR) is 191 cm³/mol. The molecule has 0 aromatic heterocycles. The highest BCUT2D eigenvalue weighted by Gasteiger charge is 2.52. The number of amides is 3. The Morgan fingerprint density at radius 3 is 2.60 bits per heavy atom. The second-order valence-electron chi connectivity index (χ2n) is 13.3. The lowest BCUT2D eigenvalue weighted by Crippen LogP contribution is -2.44. The van der Waals surface area contributed by atoms with Crippen LogP contribution in [0.5, 0.6) is 0 Å². The first kappa shape index (κ1) is 36.8. The quantitative estimate of drug-likeness (QED) is 0.189. The molecule has 2 aromatic rings. The molecule has 9 heteroatoms. The summed E-state index contributed by atoms with van der Waals surface area (Å²) in [5.74, 6) is -1.52. The topological polar surface area (TPSA) is 122 Å². The number of hydrogen-bond acceptors (Lipinski definition) is 6. The van der Waals surface area contributed by atoms with Crippen LogP contribution in [0.2, 0.25) is 0 Å². The van der Waals surface area contributed by atoms with Crippen molar-refractivity contribution in [2.45, 2.75) is 71.9 Å². The molecule has 1 saturated heterocycles. The number of carbonyl (C=O) groups excluding carboxylic acids is 3. The molecule has 4 rings (SSSR count). The second kappa shape index (κ2) is 17.4. The number of piperidine rings is 1. The average Bonchev–Trinajstić information content (AvgIpc) is 3.29. The summed E-state index contributed by atoms with van der Waals surface area (Å²) in [6, 6.07) is 14.9. The minimum atomic E-state index is -1.90. The molecule has 0 saturated carbocycles. The molecule has 3 amide bonds. The van der Waals surface area contributed by atoms with Crippen LogP contribution in [0, 0.1) is 11.8 Å². The van der Waals surface area contributed by atoms with Gasteiger partial charge in [-0.2, -0.15) is 0 Å². The van der Waals surface area contributed by atoms with E-state index in [0.717, 1.165) is 43.4 Å². The van der Waals surface area contributed by atoms with E-state index in [9.17, 15) is 24.6 Å². The second-order valence-corrected chi connectivity index (χ2v) is 13.3. The van der Waals surface area contributed by atoms with Gasteiger partial charge in [0.2, 0.25) is 11.8 Å². The van der Waals surface area contributed by atoms with E-state index in [1.165, 1.54) is 5.57 Å². The molecule has 0 spiro atoms. The van der Waals surface area contributed by atoms with Crippen LogP contribution in [0.3, 0.4) is 0 Å². The zero-order valence-corrected chi connectivity index (χ0v) is 28.9. The zero-order chi connectivity index (χ0) is 34.7. The number of nitrogens with zero attached hydrogens (tertiary/aromatic N) is 2. The highest BCUT2D eigenvalue weighted by atomic mass is 16.3. The molecule has 2 aliphatic heterocycles. The van der Waals surface area contributed by atoms with Crippen molar-refractivity contribution in [3.05, 3.63) is 95.1 Å². The fraction of sp³-hybridized carbons (Fsp3) is 0.462. The third-order valence-corrected chi connectivity index (χ3v) is 9.23. The largest absolute Gasteiger partial charge is 0.395 e. The van der Waals surface area contributed by atoms with E-state index in [-0.39, 0.29) is 37.3 Å². The lowest BCUT2D eigenvalue weighted by Gasteiger charge is -2.28. The van der Waals surface area contributed by atoms with Gasteiger partial charge in [-0.05, 0) is 76.8 Å². The van der Waals surface area contributed by atoms with E-state index >= 15 is 0 Å². The highest BCUT2D eigenvalue weighted by molar-refractivity contribution is 6.08. The first-order chi connectivity index (χ1) is 23.0. The van der Waals surface area contributed by atoms with E-state index in [4.69, 9.17) is 0 Å². The Morgan fingerprint density at radius 1 is 1.15 bits per heavy atom. The number of aliphatic hydroxyl groups is 2.